The van der Waals surface area contributed by atoms with E-state index in [2.05, 4.69) is 61.0 Å². The molecule has 2 unspecified atom stereocenters. The van der Waals surface area contributed by atoms with Crippen LogP contribution in [0.25, 0.3) is 29.8 Å². The Morgan fingerprint density at radius 2 is 1.91 bits per heavy atom. The molecule has 1 aromatic carbocycles. The largest absolute Gasteiger partial charge is 0.382 e. The Morgan fingerprint density at radius 1 is 1.15 bits per heavy atom. The number of nitrogens with zero attached hydrogens (tertiary/aromatic N) is 3. The summed E-state index contributed by atoms with van der Waals surface area (Å²) < 4.78 is 17.5. The lowest BCUT2D eigenvalue weighted by molar-refractivity contribution is -0.110. The average Bonchev–Trinajstić information content (AvgIpc) is 3.57. The molecule has 46 heavy (non-hydrogen) atoms. The van der Waals surface area contributed by atoms with Crippen molar-refractivity contribution in [3.05, 3.63) is 104 Å². The predicted molar refractivity (Wildman–Crippen MR) is 187 cm³/mol. The summed E-state index contributed by atoms with van der Waals surface area (Å²) in [5, 5.41) is 6.92. The van der Waals surface area contributed by atoms with Crippen LogP contribution in [0.4, 0.5) is 4.39 Å². The van der Waals surface area contributed by atoms with Crippen LogP contribution in [-0.2, 0) is 24.3 Å². The van der Waals surface area contributed by atoms with Crippen LogP contribution < -0.4 is 16.0 Å². The van der Waals surface area contributed by atoms with Gasteiger partial charge in [0.15, 0.2) is 0 Å². The van der Waals surface area contributed by atoms with E-state index < -0.39 is 0 Å². The van der Waals surface area contributed by atoms with Crippen LogP contribution in [0.3, 0.4) is 0 Å². The first-order chi connectivity index (χ1) is 22.2. The van der Waals surface area contributed by atoms with E-state index in [4.69, 9.17) is 4.98 Å². The van der Waals surface area contributed by atoms with Crippen molar-refractivity contribution >= 4 is 36.0 Å². The zero-order valence-corrected chi connectivity index (χ0v) is 27.8. The molecule has 0 radical (unpaired) electrons. The topological polar surface area (TPSA) is 50.2 Å². The Bertz CT molecular complexity index is 1880. The van der Waals surface area contributed by atoms with Gasteiger partial charge in [0.05, 0.1) is 29.5 Å². The van der Waals surface area contributed by atoms with Gasteiger partial charge in [-0.15, -0.1) is 0 Å². The lowest BCUT2D eigenvalue weighted by atomic mass is 9.81. The first-order valence-corrected chi connectivity index (χ1v) is 17.0. The monoisotopic (exact) mass is 618 g/mol. The van der Waals surface area contributed by atoms with Crippen molar-refractivity contribution in [1.29, 1.82) is 0 Å². The molecule has 0 saturated heterocycles. The molecule has 1 aliphatic carbocycles. The van der Waals surface area contributed by atoms with E-state index in [1.807, 2.05) is 19.1 Å². The van der Waals surface area contributed by atoms with E-state index >= 15 is 4.39 Å². The Morgan fingerprint density at radius 3 is 2.61 bits per heavy atom. The molecular weight excluding hydrogens is 571 g/mol. The van der Waals surface area contributed by atoms with Gasteiger partial charge in [0.1, 0.15) is 12.1 Å². The molecule has 3 aromatic rings. The Labute approximate surface area is 272 Å². The number of fused-ring (bicyclic) bond motifs is 4. The Hall–Kier alpha value is -4.19. The minimum absolute atomic E-state index is 0.0579. The Balaban J connectivity index is 1.32. The molecule has 2 aliphatic heterocycles. The van der Waals surface area contributed by atoms with Gasteiger partial charge in [0.25, 0.3) is 0 Å². The number of hydrogen-bond donors (Lipinski definition) is 1. The van der Waals surface area contributed by atoms with Gasteiger partial charge in [-0.3, -0.25) is 0 Å². The summed E-state index contributed by atoms with van der Waals surface area (Å²) >= 11 is 0. The maximum Gasteiger partial charge on any atom is 0.128 e. The van der Waals surface area contributed by atoms with E-state index in [9.17, 15) is 4.79 Å². The quantitative estimate of drug-likeness (QED) is 0.158. The smallest absolute Gasteiger partial charge is 0.128 e. The highest BCUT2D eigenvalue weighted by molar-refractivity contribution is 5.93. The van der Waals surface area contributed by atoms with Crippen molar-refractivity contribution < 1.29 is 9.18 Å². The fourth-order valence-electron chi connectivity index (χ4n) is 7.82. The molecule has 0 amide bonds. The van der Waals surface area contributed by atoms with Crippen molar-refractivity contribution in [2.24, 2.45) is 5.92 Å². The first kappa shape index (κ1) is 31.8. The number of carbonyl (C=O) groups is 1. The van der Waals surface area contributed by atoms with Gasteiger partial charge >= 0.3 is 0 Å². The molecule has 6 heteroatoms. The van der Waals surface area contributed by atoms with Gasteiger partial charge < -0.3 is 19.6 Å². The number of halogens is 1. The number of hydrogen-bond acceptors (Lipinski definition) is 4. The third-order valence-electron chi connectivity index (χ3n) is 10.3. The zero-order valence-electron chi connectivity index (χ0n) is 27.8. The van der Waals surface area contributed by atoms with Crippen molar-refractivity contribution in [3.8, 4) is 0 Å². The van der Waals surface area contributed by atoms with Gasteiger partial charge in [0, 0.05) is 51.6 Å². The van der Waals surface area contributed by atoms with E-state index in [-0.39, 0.29) is 17.8 Å². The highest BCUT2D eigenvalue weighted by atomic mass is 19.1. The summed E-state index contributed by atoms with van der Waals surface area (Å²) in [5.74, 6) is -0.395. The van der Waals surface area contributed by atoms with E-state index in [0.717, 1.165) is 132 Å². The van der Waals surface area contributed by atoms with Crippen LogP contribution in [0, 0.1) is 18.7 Å². The third-order valence-corrected chi connectivity index (χ3v) is 10.3. The van der Waals surface area contributed by atoms with Crippen molar-refractivity contribution in [2.45, 2.75) is 97.7 Å². The molecule has 3 aliphatic rings. The predicted octanol–water partition coefficient (Wildman–Crippen LogP) is 7.66. The highest BCUT2D eigenvalue weighted by Crippen LogP contribution is 2.49. The molecule has 5 nitrogen and oxygen atoms in total. The molecule has 0 saturated carbocycles. The SMILES string of the molecule is C=C(CCCCCn1c(=C)ccc1=C)NC1CCc2c(C)c(F)cc3nc4c(c1c23)CN1C(=C)C(CCC)=C(C(C=O)CC)C=C41. The van der Waals surface area contributed by atoms with Crippen LogP contribution >= 0.6 is 0 Å². The van der Waals surface area contributed by atoms with Crippen molar-refractivity contribution in [1.82, 2.24) is 19.8 Å². The van der Waals surface area contributed by atoms with Crippen LogP contribution in [0.1, 0.15) is 99.2 Å². The minimum atomic E-state index is -0.205. The van der Waals surface area contributed by atoms with Crippen LogP contribution in [0.15, 0.2) is 60.0 Å². The molecule has 0 bridgehead atoms. The normalized spacial score (nSPS) is 17.7. The number of benzene rings is 1. The number of aromatic nitrogens is 2. The lowest BCUT2D eigenvalue weighted by Gasteiger charge is -2.32. The van der Waals surface area contributed by atoms with Crippen LogP contribution in [-0.4, -0.2) is 20.7 Å². The van der Waals surface area contributed by atoms with Crippen molar-refractivity contribution in [2.75, 3.05) is 0 Å². The number of allylic oxidation sites excluding steroid dienone is 4. The number of unbranched alkanes of at least 4 members (excludes halogenated alkanes) is 2. The fourth-order valence-corrected chi connectivity index (χ4v) is 7.82. The number of pyridine rings is 1. The molecule has 1 N–H and O–H groups in total. The molecule has 240 valence electrons. The number of aldehydes is 1. The Kier molecular flexibility index (Phi) is 8.91. The lowest BCUT2D eigenvalue weighted by Crippen LogP contribution is -2.26. The van der Waals surface area contributed by atoms with E-state index in [1.165, 1.54) is 11.1 Å². The van der Waals surface area contributed by atoms with E-state index in [0.29, 0.717) is 12.1 Å². The maximum atomic E-state index is 15.3. The standard InChI is InChI=1S/C40H47FN4O/c1-8-13-31-28(7)45-22-33-39-35(42-24(3)14-11-10-12-19-44-25(4)15-16-26(44)5)18-17-30-27(6)34(41)21-36(38(30)39)43-40(33)37(45)20-32(31)29(9-2)23-46/h15-16,20-21,23,29,35,42H,3-5,7-14,17-19,22H2,1-2,6H3. The molecule has 0 fully saturated rings. The second kappa shape index (κ2) is 12.9. The number of nitrogens with one attached hydrogen (secondary N) is 1. The molecule has 2 aromatic heterocycles. The highest BCUT2D eigenvalue weighted by Gasteiger charge is 2.39. The van der Waals surface area contributed by atoms with Gasteiger partial charge in [-0.2, -0.15) is 0 Å². The molecular formula is C40H47FN4O. The number of aryl methyl sites for hydroxylation is 1. The third kappa shape index (κ3) is 5.46. The van der Waals surface area contributed by atoms with Gasteiger partial charge in [-0.1, -0.05) is 53.0 Å². The minimum Gasteiger partial charge on any atom is -0.382 e. The van der Waals surface area contributed by atoms with Gasteiger partial charge in [0.2, 0.25) is 0 Å². The molecule has 0 spiro atoms. The van der Waals surface area contributed by atoms with Gasteiger partial charge in [-0.05, 0) is 97.9 Å². The molecule has 2 atom stereocenters. The van der Waals surface area contributed by atoms with Crippen LogP contribution in [0.5, 0.6) is 0 Å². The molecule has 4 heterocycles. The average molecular weight is 619 g/mol. The zero-order chi connectivity index (χ0) is 32.7. The maximum absolute atomic E-state index is 15.3. The number of carbonyl (C=O) groups excluding carboxylic acids is 1. The first-order valence-electron chi connectivity index (χ1n) is 17.0. The number of rotatable bonds is 13. The molecule has 6 rings (SSSR count). The summed E-state index contributed by atoms with van der Waals surface area (Å²) in [4.78, 5) is 19.6. The summed E-state index contributed by atoms with van der Waals surface area (Å²) in [6, 6.07) is 5.70. The fraction of sp³-hybridized carbons (Fsp3) is 0.400. The summed E-state index contributed by atoms with van der Waals surface area (Å²) in [6.07, 6.45) is 11.6. The van der Waals surface area contributed by atoms with Gasteiger partial charge in [-0.25, -0.2) is 9.37 Å². The summed E-state index contributed by atoms with van der Waals surface area (Å²) in [7, 11) is 0. The van der Waals surface area contributed by atoms with Crippen LogP contribution in [0.2, 0.25) is 0 Å². The summed E-state index contributed by atoms with van der Waals surface area (Å²) in [6.45, 7) is 24.9. The summed E-state index contributed by atoms with van der Waals surface area (Å²) in [5.41, 5.74) is 10.9. The second-order valence-electron chi connectivity index (χ2n) is 13.2. The van der Waals surface area contributed by atoms with Crippen molar-refractivity contribution in [3.63, 3.8) is 0 Å². The second-order valence-corrected chi connectivity index (χ2v) is 13.2. The van der Waals surface area contributed by atoms with E-state index in [1.54, 1.807) is 6.07 Å².